The van der Waals surface area contributed by atoms with Crippen LogP contribution in [0.1, 0.15) is 27.7 Å². The van der Waals surface area contributed by atoms with Gasteiger partial charge in [-0.2, -0.15) is 0 Å². The molecule has 0 spiro atoms. The first-order valence-electron chi connectivity index (χ1n) is 9.60. The summed E-state index contributed by atoms with van der Waals surface area (Å²) in [7, 11) is 0. The second-order valence-electron chi connectivity index (χ2n) is 6.49. The number of pyridine rings is 1. The number of amides is 1. The summed E-state index contributed by atoms with van der Waals surface area (Å²) in [5.74, 6) is 0.124. The first kappa shape index (κ1) is 22.7. The van der Waals surface area contributed by atoms with Gasteiger partial charge >= 0.3 is 5.97 Å². The number of aromatic nitrogens is 4. The van der Waals surface area contributed by atoms with Crippen LogP contribution in [0.15, 0.2) is 42.3 Å². The summed E-state index contributed by atoms with van der Waals surface area (Å²) >= 11 is 2.63. The first-order valence-corrected chi connectivity index (χ1v) is 11.4. The van der Waals surface area contributed by atoms with E-state index in [0.717, 1.165) is 16.0 Å². The number of thiophene rings is 1. The molecule has 3 aromatic heterocycles. The number of nitrogens with one attached hydrogen (secondary N) is 1. The van der Waals surface area contributed by atoms with Crippen molar-refractivity contribution in [1.29, 1.82) is 0 Å². The fourth-order valence-electron chi connectivity index (χ4n) is 2.86. The Morgan fingerprint density at radius 2 is 2.03 bits per heavy atom. The van der Waals surface area contributed by atoms with Crippen molar-refractivity contribution in [2.45, 2.75) is 32.5 Å². The number of rotatable bonds is 9. The molecule has 31 heavy (non-hydrogen) atoms. The van der Waals surface area contributed by atoms with Gasteiger partial charge in [0.2, 0.25) is 5.91 Å². The molecule has 0 saturated carbocycles. The van der Waals surface area contributed by atoms with Gasteiger partial charge in [0.1, 0.15) is 5.00 Å². The highest BCUT2D eigenvalue weighted by Crippen LogP contribution is 2.33. The number of thioether (sulfide) groups is 1. The lowest BCUT2D eigenvalue weighted by Gasteiger charge is -2.09. The highest BCUT2D eigenvalue weighted by molar-refractivity contribution is 7.99. The Morgan fingerprint density at radius 1 is 1.29 bits per heavy atom. The number of carbonyl (C=O) groups excluding carboxylic acids is 2. The highest BCUT2D eigenvalue weighted by atomic mass is 32.2. The van der Waals surface area contributed by atoms with Crippen molar-refractivity contribution in [3.8, 4) is 11.4 Å². The maximum Gasteiger partial charge on any atom is 0.341 e. The van der Waals surface area contributed by atoms with E-state index in [0.29, 0.717) is 28.1 Å². The van der Waals surface area contributed by atoms with Gasteiger partial charge in [-0.1, -0.05) is 17.8 Å². The smallest absolute Gasteiger partial charge is 0.341 e. The molecule has 3 rings (SSSR count). The number of aryl methyl sites for hydroxylation is 1. The topological polar surface area (TPSA) is 99.0 Å². The highest BCUT2D eigenvalue weighted by Gasteiger charge is 2.22. The van der Waals surface area contributed by atoms with Gasteiger partial charge in [0, 0.05) is 29.4 Å². The molecule has 0 radical (unpaired) electrons. The van der Waals surface area contributed by atoms with Gasteiger partial charge in [-0.15, -0.1) is 28.1 Å². The molecule has 1 amide bonds. The quantitative estimate of drug-likeness (QED) is 0.293. The fraction of sp³-hybridized carbons (Fsp3) is 0.286. The molecular weight excluding hydrogens is 434 g/mol. The summed E-state index contributed by atoms with van der Waals surface area (Å²) in [5, 5.41) is 12.5. The number of esters is 1. The molecule has 0 unspecified atom stereocenters. The van der Waals surface area contributed by atoms with E-state index in [1.807, 2.05) is 30.5 Å². The summed E-state index contributed by atoms with van der Waals surface area (Å²) in [5.41, 5.74) is 2.11. The van der Waals surface area contributed by atoms with Crippen molar-refractivity contribution in [2.24, 2.45) is 0 Å². The molecule has 10 heteroatoms. The number of hydrogen-bond donors (Lipinski definition) is 1. The van der Waals surface area contributed by atoms with E-state index in [-0.39, 0.29) is 18.3 Å². The molecular formula is C21H23N5O3S2. The third kappa shape index (κ3) is 5.20. The minimum atomic E-state index is -0.431. The summed E-state index contributed by atoms with van der Waals surface area (Å²) in [6.45, 7) is 10.1. The lowest BCUT2D eigenvalue weighted by Crippen LogP contribution is -2.17. The van der Waals surface area contributed by atoms with Crippen LogP contribution < -0.4 is 5.32 Å². The molecule has 1 N–H and O–H groups in total. The van der Waals surface area contributed by atoms with Crippen molar-refractivity contribution >= 4 is 40.0 Å². The second-order valence-corrected chi connectivity index (χ2v) is 8.65. The first-order chi connectivity index (χ1) is 15.0. The van der Waals surface area contributed by atoms with Crippen LogP contribution in [0.4, 0.5) is 5.00 Å². The summed E-state index contributed by atoms with van der Waals surface area (Å²) in [6, 6.07) is 3.70. The SMILES string of the molecule is C=CCn1c(SCC(=O)Nc2sc(C)c(C)c2C(=O)OCC)nnc1-c1ccncc1. The molecule has 8 nitrogen and oxygen atoms in total. The fourth-order valence-corrected chi connectivity index (χ4v) is 4.67. The van der Waals surface area contributed by atoms with E-state index < -0.39 is 5.97 Å². The van der Waals surface area contributed by atoms with Crippen molar-refractivity contribution in [1.82, 2.24) is 19.7 Å². The van der Waals surface area contributed by atoms with Gasteiger partial charge in [0.25, 0.3) is 0 Å². The van der Waals surface area contributed by atoms with Gasteiger partial charge in [0.05, 0.1) is 17.9 Å². The monoisotopic (exact) mass is 457 g/mol. The van der Waals surface area contributed by atoms with Crippen molar-refractivity contribution in [3.63, 3.8) is 0 Å². The molecule has 0 atom stereocenters. The van der Waals surface area contributed by atoms with Gasteiger partial charge in [-0.25, -0.2) is 4.79 Å². The number of hydrogen-bond acceptors (Lipinski definition) is 8. The minimum Gasteiger partial charge on any atom is -0.462 e. The zero-order valence-electron chi connectivity index (χ0n) is 17.5. The van der Waals surface area contributed by atoms with E-state index in [2.05, 4.69) is 27.1 Å². The van der Waals surface area contributed by atoms with Crippen molar-refractivity contribution in [2.75, 3.05) is 17.7 Å². The number of carbonyl (C=O) groups is 2. The second kappa shape index (κ2) is 10.4. The van der Waals surface area contributed by atoms with E-state index in [4.69, 9.17) is 4.74 Å². The van der Waals surface area contributed by atoms with Gasteiger partial charge in [0.15, 0.2) is 11.0 Å². The van der Waals surface area contributed by atoms with E-state index in [1.54, 1.807) is 25.4 Å². The average Bonchev–Trinajstić information content (AvgIpc) is 3.28. The van der Waals surface area contributed by atoms with Crippen molar-refractivity contribution < 1.29 is 14.3 Å². The maximum atomic E-state index is 12.6. The van der Waals surface area contributed by atoms with Gasteiger partial charge in [-0.3, -0.25) is 14.3 Å². The summed E-state index contributed by atoms with van der Waals surface area (Å²) < 4.78 is 7.03. The lowest BCUT2D eigenvalue weighted by molar-refractivity contribution is -0.113. The van der Waals surface area contributed by atoms with Crippen LogP contribution in [0.5, 0.6) is 0 Å². The van der Waals surface area contributed by atoms with Crippen LogP contribution >= 0.6 is 23.1 Å². The Bertz CT molecular complexity index is 1090. The van der Waals surface area contributed by atoms with Crippen molar-refractivity contribution in [3.05, 3.63) is 53.2 Å². The Morgan fingerprint density at radius 3 is 2.71 bits per heavy atom. The van der Waals surface area contributed by atoms with E-state index >= 15 is 0 Å². The number of ether oxygens (including phenoxy) is 1. The van der Waals surface area contributed by atoms with Crippen LogP contribution in [0.2, 0.25) is 0 Å². The molecule has 0 bridgehead atoms. The Labute approximate surface area is 188 Å². The molecule has 0 aliphatic carbocycles. The molecule has 0 saturated heterocycles. The number of nitrogens with zero attached hydrogens (tertiary/aromatic N) is 4. The Kier molecular flexibility index (Phi) is 7.59. The third-order valence-corrected chi connectivity index (χ3v) is 6.51. The molecule has 0 aromatic carbocycles. The zero-order valence-corrected chi connectivity index (χ0v) is 19.2. The summed E-state index contributed by atoms with van der Waals surface area (Å²) in [4.78, 5) is 29.9. The molecule has 0 aliphatic heterocycles. The predicted molar refractivity (Wildman–Crippen MR) is 123 cm³/mol. The van der Waals surface area contributed by atoms with Crippen LogP contribution in [0.25, 0.3) is 11.4 Å². The van der Waals surface area contributed by atoms with Gasteiger partial charge in [-0.05, 0) is 38.5 Å². The van der Waals surface area contributed by atoms with Gasteiger partial charge < -0.3 is 10.1 Å². The average molecular weight is 458 g/mol. The zero-order chi connectivity index (χ0) is 22.4. The minimum absolute atomic E-state index is 0.115. The number of allylic oxidation sites excluding steroid dienone is 1. The molecule has 0 aliphatic rings. The van der Waals surface area contributed by atoms with Crippen LogP contribution in [-0.4, -0.2) is 44.0 Å². The van der Waals surface area contributed by atoms with Crippen LogP contribution in [0.3, 0.4) is 0 Å². The Hall–Kier alpha value is -2.98. The molecule has 0 fully saturated rings. The Balaban J connectivity index is 1.74. The third-order valence-electron chi connectivity index (χ3n) is 4.42. The van der Waals surface area contributed by atoms with E-state index in [1.165, 1.54) is 23.1 Å². The molecule has 162 valence electrons. The standard InChI is InChI=1S/C21H23N5O3S2/c1-5-11-26-18(15-7-9-22-10-8-15)24-25-21(26)30-12-16(27)23-19-17(20(28)29-6-2)13(3)14(4)31-19/h5,7-10H,1,6,11-12H2,2-4H3,(H,23,27). The molecule has 3 aromatic rings. The normalized spacial score (nSPS) is 10.7. The molecule has 3 heterocycles. The largest absolute Gasteiger partial charge is 0.462 e. The predicted octanol–water partition coefficient (Wildman–Crippen LogP) is 4.11. The van der Waals surface area contributed by atoms with Crippen LogP contribution in [-0.2, 0) is 16.1 Å². The number of anilines is 1. The summed E-state index contributed by atoms with van der Waals surface area (Å²) in [6.07, 6.45) is 5.13. The van der Waals surface area contributed by atoms with E-state index in [9.17, 15) is 9.59 Å². The lowest BCUT2D eigenvalue weighted by atomic mass is 10.1. The van der Waals surface area contributed by atoms with Crippen LogP contribution in [0, 0.1) is 13.8 Å². The maximum absolute atomic E-state index is 12.6.